The lowest BCUT2D eigenvalue weighted by atomic mass is 10.2. The first-order valence-electron chi connectivity index (χ1n) is 9.59. The van der Waals surface area contributed by atoms with Crippen molar-refractivity contribution in [1.82, 2.24) is 19.1 Å². The molecule has 1 N–H and O–H groups in total. The standard InChI is InChI=1S/C22H18FN5O4/c1-32-17-4-2-3-14(11-17)12-28-21(30)19-20(25-10-9-24-19)27(22(28)31)13-18(29)26-16-7-5-15(23)6-8-16/h2-11H,12-13H2,1H3,(H,26,29). The van der Waals surface area contributed by atoms with Crippen molar-refractivity contribution in [2.45, 2.75) is 13.1 Å². The molecule has 0 aliphatic heterocycles. The van der Waals surface area contributed by atoms with E-state index < -0.39 is 29.5 Å². The smallest absolute Gasteiger partial charge is 0.333 e. The summed E-state index contributed by atoms with van der Waals surface area (Å²) in [6.45, 7) is -0.454. The second-order valence-electron chi connectivity index (χ2n) is 6.90. The van der Waals surface area contributed by atoms with E-state index in [4.69, 9.17) is 4.74 Å². The topological polar surface area (TPSA) is 108 Å². The summed E-state index contributed by atoms with van der Waals surface area (Å²) < 4.78 is 20.4. The van der Waals surface area contributed by atoms with E-state index in [1.54, 1.807) is 24.3 Å². The Bertz CT molecular complexity index is 1410. The monoisotopic (exact) mass is 435 g/mol. The van der Waals surface area contributed by atoms with Crippen LogP contribution in [0.3, 0.4) is 0 Å². The van der Waals surface area contributed by atoms with Gasteiger partial charge in [-0.05, 0) is 42.0 Å². The van der Waals surface area contributed by atoms with Crippen LogP contribution in [-0.4, -0.2) is 32.1 Å². The third-order valence-corrected chi connectivity index (χ3v) is 4.75. The number of carbonyl (C=O) groups excluding carboxylic acids is 1. The molecule has 2 aromatic carbocycles. The quantitative estimate of drug-likeness (QED) is 0.495. The van der Waals surface area contributed by atoms with Crippen LogP contribution in [0.2, 0.25) is 0 Å². The normalized spacial score (nSPS) is 10.8. The number of benzene rings is 2. The Morgan fingerprint density at radius 2 is 1.81 bits per heavy atom. The molecule has 162 valence electrons. The van der Waals surface area contributed by atoms with Gasteiger partial charge in [0.2, 0.25) is 5.91 Å². The maximum absolute atomic E-state index is 13.2. The van der Waals surface area contributed by atoms with Gasteiger partial charge < -0.3 is 10.1 Å². The number of nitrogens with zero attached hydrogens (tertiary/aromatic N) is 4. The van der Waals surface area contributed by atoms with Gasteiger partial charge in [0.15, 0.2) is 11.2 Å². The summed E-state index contributed by atoms with van der Waals surface area (Å²) in [6.07, 6.45) is 2.68. The molecule has 0 bridgehead atoms. The zero-order valence-electron chi connectivity index (χ0n) is 17.0. The summed E-state index contributed by atoms with van der Waals surface area (Å²) in [5.74, 6) is -0.405. The third-order valence-electron chi connectivity index (χ3n) is 4.75. The fraction of sp³-hybridized carbons (Fsp3) is 0.136. The van der Waals surface area contributed by atoms with E-state index in [1.807, 2.05) is 0 Å². The Morgan fingerprint density at radius 3 is 2.56 bits per heavy atom. The van der Waals surface area contributed by atoms with Gasteiger partial charge in [0.1, 0.15) is 18.1 Å². The van der Waals surface area contributed by atoms with Crippen LogP contribution in [0.25, 0.3) is 11.2 Å². The molecule has 0 spiro atoms. The van der Waals surface area contributed by atoms with Crippen LogP contribution in [0.15, 0.2) is 70.5 Å². The van der Waals surface area contributed by atoms with Crippen LogP contribution < -0.4 is 21.3 Å². The molecule has 10 heteroatoms. The Balaban J connectivity index is 1.74. The number of aromatic nitrogens is 4. The molecular weight excluding hydrogens is 417 g/mol. The minimum absolute atomic E-state index is 0.00125. The summed E-state index contributed by atoms with van der Waals surface area (Å²) in [5, 5.41) is 2.59. The number of ether oxygens (including phenoxy) is 1. The Labute approximate surface area is 180 Å². The average molecular weight is 435 g/mol. The van der Waals surface area contributed by atoms with Gasteiger partial charge in [-0.2, -0.15) is 0 Å². The molecule has 0 aliphatic rings. The Morgan fingerprint density at radius 1 is 1.06 bits per heavy atom. The van der Waals surface area contributed by atoms with E-state index in [0.717, 1.165) is 9.13 Å². The van der Waals surface area contributed by atoms with Crippen LogP contribution in [0.1, 0.15) is 5.56 Å². The van der Waals surface area contributed by atoms with Crippen LogP contribution >= 0.6 is 0 Å². The van der Waals surface area contributed by atoms with Crippen molar-refractivity contribution in [3.05, 3.63) is 93.1 Å². The Kier molecular flexibility index (Phi) is 5.75. The number of rotatable bonds is 6. The molecule has 0 saturated heterocycles. The molecule has 4 aromatic rings. The Hall–Kier alpha value is -4.34. The highest BCUT2D eigenvalue weighted by Crippen LogP contribution is 2.13. The second kappa shape index (κ2) is 8.80. The predicted octanol–water partition coefficient (Wildman–Crippen LogP) is 1.79. The zero-order valence-corrected chi connectivity index (χ0v) is 17.0. The number of nitrogens with one attached hydrogen (secondary N) is 1. The van der Waals surface area contributed by atoms with Crippen LogP contribution in [0.4, 0.5) is 10.1 Å². The largest absolute Gasteiger partial charge is 0.497 e. The third kappa shape index (κ3) is 4.24. The number of hydrogen-bond donors (Lipinski definition) is 1. The highest BCUT2D eigenvalue weighted by atomic mass is 19.1. The van der Waals surface area contributed by atoms with Gasteiger partial charge in [-0.25, -0.2) is 19.2 Å². The van der Waals surface area contributed by atoms with Gasteiger partial charge in [-0.3, -0.25) is 18.7 Å². The minimum Gasteiger partial charge on any atom is -0.497 e. The highest BCUT2D eigenvalue weighted by molar-refractivity contribution is 5.91. The maximum Gasteiger partial charge on any atom is 0.333 e. The molecule has 0 aliphatic carbocycles. The van der Waals surface area contributed by atoms with Gasteiger partial charge in [-0.1, -0.05) is 12.1 Å². The van der Waals surface area contributed by atoms with E-state index >= 15 is 0 Å². The molecule has 0 unspecified atom stereocenters. The van der Waals surface area contributed by atoms with Gasteiger partial charge >= 0.3 is 5.69 Å². The minimum atomic E-state index is -0.708. The molecule has 0 fully saturated rings. The fourth-order valence-electron chi connectivity index (χ4n) is 3.24. The molecule has 2 heterocycles. The second-order valence-corrected chi connectivity index (χ2v) is 6.90. The highest BCUT2D eigenvalue weighted by Gasteiger charge is 2.18. The molecule has 1 amide bonds. The molecule has 32 heavy (non-hydrogen) atoms. The van der Waals surface area contributed by atoms with Gasteiger partial charge in [0, 0.05) is 18.1 Å². The average Bonchev–Trinajstić information content (AvgIpc) is 2.81. The van der Waals surface area contributed by atoms with Crippen LogP contribution in [0.5, 0.6) is 5.75 Å². The molecular formula is C22H18FN5O4. The number of amides is 1. The summed E-state index contributed by atoms with van der Waals surface area (Å²) in [7, 11) is 1.52. The van der Waals surface area contributed by atoms with Crippen molar-refractivity contribution in [3.8, 4) is 5.75 Å². The summed E-state index contributed by atoms with van der Waals surface area (Å²) >= 11 is 0. The van der Waals surface area contributed by atoms with Crippen molar-refractivity contribution >= 4 is 22.8 Å². The van der Waals surface area contributed by atoms with Gasteiger partial charge in [0.05, 0.1) is 13.7 Å². The lowest BCUT2D eigenvalue weighted by Gasteiger charge is -2.13. The molecule has 0 atom stereocenters. The van der Waals surface area contributed by atoms with E-state index in [-0.39, 0.29) is 17.7 Å². The van der Waals surface area contributed by atoms with Crippen molar-refractivity contribution in [3.63, 3.8) is 0 Å². The van der Waals surface area contributed by atoms with Gasteiger partial charge in [0.25, 0.3) is 5.56 Å². The number of carbonyl (C=O) groups is 1. The summed E-state index contributed by atoms with van der Waals surface area (Å²) in [5.41, 5.74) is -0.335. The number of anilines is 1. The number of methoxy groups -OCH3 is 1. The van der Waals surface area contributed by atoms with Crippen molar-refractivity contribution in [2.24, 2.45) is 0 Å². The van der Waals surface area contributed by atoms with Crippen molar-refractivity contribution in [2.75, 3.05) is 12.4 Å². The number of hydrogen-bond acceptors (Lipinski definition) is 6. The zero-order chi connectivity index (χ0) is 22.7. The predicted molar refractivity (Wildman–Crippen MR) is 115 cm³/mol. The lowest BCUT2D eigenvalue weighted by molar-refractivity contribution is -0.116. The number of halogens is 1. The molecule has 2 aromatic heterocycles. The maximum atomic E-state index is 13.2. The first-order chi connectivity index (χ1) is 15.5. The first kappa shape index (κ1) is 20.9. The molecule has 4 rings (SSSR count). The van der Waals surface area contributed by atoms with E-state index in [9.17, 15) is 18.8 Å². The fourth-order valence-corrected chi connectivity index (χ4v) is 3.24. The lowest BCUT2D eigenvalue weighted by Crippen LogP contribution is -2.42. The van der Waals surface area contributed by atoms with E-state index in [0.29, 0.717) is 17.0 Å². The van der Waals surface area contributed by atoms with Crippen LogP contribution in [0, 0.1) is 5.82 Å². The van der Waals surface area contributed by atoms with Crippen molar-refractivity contribution < 1.29 is 13.9 Å². The molecule has 0 radical (unpaired) electrons. The molecule has 9 nitrogen and oxygen atoms in total. The first-order valence-corrected chi connectivity index (χ1v) is 9.59. The number of fused-ring (bicyclic) bond motifs is 1. The SMILES string of the molecule is COc1cccc(Cn2c(=O)c3nccnc3n(CC(=O)Nc3ccc(F)cc3)c2=O)c1. The molecule has 0 saturated carbocycles. The van der Waals surface area contributed by atoms with Crippen molar-refractivity contribution in [1.29, 1.82) is 0 Å². The van der Waals surface area contributed by atoms with Crippen LogP contribution in [-0.2, 0) is 17.9 Å². The van der Waals surface area contributed by atoms with E-state index in [2.05, 4.69) is 15.3 Å². The van der Waals surface area contributed by atoms with Gasteiger partial charge in [-0.15, -0.1) is 0 Å². The summed E-state index contributed by atoms with van der Waals surface area (Å²) in [4.78, 5) is 46.9. The van der Waals surface area contributed by atoms with E-state index in [1.165, 1.54) is 43.8 Å². The summed E-state index contributed by atoms with van der Waals surface area (Å²) in [6, 6.07) is 12.2.